The molecule has 2 N–H and O–H groups in total. The molecule has 0 aliphatic rings. The molecule has 0 amide bonds. The smallest absolute Gasteiger partial charge is 0.300 e. The van der Waals surface area contributed by atoms with E-state index >= 15 is 0 Å². The van der Waals surface area contributed by atoms with E-state index in [0.717, 1.165) is 6.07 Å². The molecule has 106 valence electrons. The van der Waals surface area contributed by atoms with E-state index in [1.54, 1.807) is 0 Å². The zero-order chi connectivity index (χ0) is 14.8. The Morgan fingerprint density at radius 2 is 1.70 bits per heavy atom. The highest BCUT2D eigenvalue weighted by atomic mass is 35.5. The molecule has 1 aromatic heterocycles. The first kappa shape index (κ1) is 14.4. The van der Waals surface area contributed by atoms with Crippen molar-refractivity contribution in [2.75, 3.05) is 10.9 Å². The Kier molecular flexibility index (Phi) is 3.99. The standard InChI is InChI=1S/C12H8ClF4N3/c13-10-5-7(12(15,16)17)6-18-11(10)20-19-9-3-1-8(14)2-4-9/h1-6,19H,(H,18,20). The summed E-state index contributed by atoms with van der Waals surface area (Å²) in [6.07, 6.45) is -3.83. The number of hydrazine groups is 1. The molecule has 3 nitrogen and oxygen atoms in total. The van der Waals surface area contributed by atoms with Gasteiger partial charge in [-0.25, -0.2) is 9.37 Å². The number of hydrogen-bond acceptors (Lipinski definition) is 3. The van der Waals surface area contributed by atoms with Crippen LogP contribution >= 0.6 is 11.6 Å². The molecule has 0 spiro atoms. The Morgan fingerprint density at radius 1 is 1.05 bits per heavy atom. The number of nitrogens with one attached hydrogen (secondary N) is 2. The Morgan fingerprint density at radius 3 is 2.25 bits per heavy atom. The lowest BCUT2D eigenvalue weighted by Crippen LogP contribution is -2.12. The van der Waals surface area contributed by atoms with Crippen LogP contribution in [0.4, 0.5) is 29.1 Å². The fraction of sp³-hybridized carbons (Fsp3) is 0.0833. The molecule has 0 fully saturated rings. The van der Waals surface area contributed by atoms with Gasteiger partial charge in [-0.1, -0.05) is 11.6 Å². The van der Waals surface area contributed by atoms with Gasteiger partial charge in [0.15, 0.2) is 5.82 Å². The van der Waals surface area contributed by atoms with Crippen molar-refractivity contribution in [3.8, 4) is 0 Å². The van der Waals surface area contributed by atoms with Crippen molar-refractivity contribution in [1.29, 1.82) is 0 Å². The highest BCUT2D eigenvalue weighted by molar-refractivity contribution is 6.33. The minimum Gasteiger partial charge on any atom is -0.300 e. The van der Waals surface area contributed by atoms with Gasteiger partial charge in [0.2, 0.25) is 0 Å². The van der Waals surface area contributed by atoms with Crippen molar-refractivity contribution in [2.45, 2.75) is 6.18 Å². The molecule has 20 heavy (non-hydrogen) atoms. The van der Waals surface area contributed by atoms with Crippen molar-refractivity contribution < 1.29 is 17.6 Å². The second kappa shape index (κ2) is 5.54. The Labute approximate surface area is 116 Å². The number of benzene rings is 1. The number of halogens is 5. The van der Waals surface area contributed by atoms with Crippen LogP contribution in [-0.4, -0.2) is 4.98 Å². The molecule has 0 atom stereocenters. The van der Waals surface area contributed by atoms with E-state index < -0.39 is 17.6 Å². The summed E-state index contributed by atoms with van der Waals surface area (Å²) in [5.41, 5.74) is 4.76. The van der Waals surface area contributed by atoms with Gasteiger partial charge in [0.1, 0.15) is 5.82 Å². The molecule has 0 bridgehead atoms. The fourth-order valence-corrected chi connectivity index (χ4v) is 1.56. The Hall–Kier alpha value is -2.02. The topological polar surface area (TPSA) is 37.0 Å². The summed E-state index contributed by atoms with van der Waals surface area (Å²) >= 11 is 5.70. The number of anilines is 2. The van der Waals surface area contributed by atoms with E-state index in [2.05, 4.69) is 15.8 Å². The normalized spacial score (nSPS) is 11.2. The van der Waals surface area contributed by atoms with Crippen LogP contribution in [0.15, 0.2) is 36.5 Å². The van der Waals surface area contributed by atoms with E-state index in [-0.39, 0.29) is 10.8 Å². The number of alkyl halides is 3. The fourth-order valence-electron chi connectivity index (χ4n) is 1.35. The number of nitrogens with zero attached hydrogens (tertiary/aromatic N) is 1. The maximum Gasteiger partial charge on any atom is 0.417 e. The predicted molar refractivity (Wildman–Crippen MR) is 67.9 cm³/mol. The first-order valence-electron chi connectivity index (χ1n) is 5.36. The van der Waals surface area contributed by atoms with Crippen molar-refractivity contribution in [1.82, 2.24) is 4.98 Å². The Bertz CT molecular complexity index is 599. The third kappa shape index (κ3) is 3.51. The first-order valence-corrected chi connectivity index (χ1v) is 5.74. The maximum absolute atomic E-state index is 12.7. The van der Waals surface area contributed by atoms with E-state index in [4.69, 9.17) is 11.6 Å². The number of rotatable bonds is 3. The molecular formula is C12H8ClF4N3. The molecule has 2 rings (SSSR count). The van der Waals surface area contributed by atoms with Crippen molar-refractivity contribution in [2.24, 2.45) is 0 Å². The second-order valence-electron chi connectivity index (χ2n) is 3.81. The lowest BCUT2D eigenvalue weighted by Gasteiger charge is -2.12. The van der Waals surface area contributed by atoms with Gasteiger partial charge in [0, 0.05) is 6.20 Å². The molecule has 2 aromatic rings. The minimum absolute atomic E-state index is 0.0315. The van der Waals surface area contributed by atoms with E-state index in [0.29, 0.717) is 11.9 Å². The van der Waals surface area contributed by atoms with Crippen LogP contribution in [0.1, 0.15) is 5.56 Å². The van der Waals surface area contributed by atoms with Gasteiger partial charge >= 0.3 is 6.18 Å². The van der Waals surface area contributed by atoms with Crippen LogP contribution in [0, 0.1) is 5.82 Å². The largest absolute Gasteiger partial charge is 0.417 e. The summed E-state index contributed by atoms with van der Waals surface area (Å²) in [5.74, 6) is -0.370. The third-order valence-electron chi connectivity index (χ3n) is 2.34. The SMILES string of the molecule is Fc1ccc(NNc2ncc(C(F)(F)F)cc2Cl)cc1. The van der Waals surface area contributed by atoms with Crippen LogP contribution in [-0.2, 0) is 6.18 Å². The van der Waals surface area contributed by atoms with E-state index in [9.17, 15) is 17.6 Å². The summed E-state index contributed by atoms with van der Waals surface area (Å²) in [6.45, 7) is 0. The lowest BCUT2D eigenvalue weighted by atomic mass is 10.3. The minimum atomic E-state index is -4.50. The van der Waals surface area contributed by atoms with Crippen molar-refractivity contribution in [3.05, 3.63) is 52.9 Å². The van der Waals surface area contributed by atoms with Gasteiger partial charge in [0.25, 0.3) is 0 Å². The van der Waals surface area contributed by atoms with Crippen molar-refractivity contribution in [3.63, 3.8) is 0 Å². The summed E-state index contributed by atoms with van der Waals surface area (Å²) in [5, 5.41) is -0.186. The highest BCUT2D eigenvalue weighted by Crippen LogP contribution is 2.32. The predicted octanol–water partition coefficient (Wildman–Crippen LogP) is 4.33. The molecule has 1 aromatic carbocycles. The van der Waals surface area contributed by atoms with Gasteiger partial charge < -0.3 is 0 Å². The van der Waals surface area contributed by atoms with Crippen LogP contribution in [0.2, 0.25) is 5.02 Å². The molecule has 0 aliphatic heterocycles. The van der Waals surface area contributed by atoms with Crippen LogP contribution in [0.3, 0.4) is 0 Å². The molecule has 0 saturated carbocycles. The molecule has 1 heterocycles. The van der Waals surface area contributed by atoms with Crippen molar-refractivity contribution >= 4 is 23.1 Å². The number of pyridine rings is 1. The molecule has 0 radical (unpaired) electrons. The molecule has 0 saturated heterocycles. The highest BCUT2D eigenvalue weighted by Gasteiger charge is 2.31. The van der Waals surface area contributed by atoms with Gasteiger partial charge in [-0.3, -0.25) is 10.9 Å². The zero-order valence-corrected chi connectivity index (χ0v) is 10.6. The summed E-state index contributed by atoms with van der Waals surface area (Å²) in [4.78, 5) is 3.58. The Balaban J connectivity index is 2.08. The van der Waals surface area contributed by atoms with Crippen LogP contribution in [0.5, 0.6) is 0 Å². The van der Waals surface area contributed by atoms with Gasteiger partial charge in [0.05, 0.1) is 16.3 Å². The zero-order valence-electron chi connectivity index (χ0n) is 9.80. The molecule has 0 aliphatic carbocycles. The summed E-state index contributed by atoms with van der Waals surface area (Å²) in [6, 6.07) is 6.11. The van der Waals surface area contributed by atoms with Crippen LogP contribution < -0.4 is 10.9 Å². The monoisotopic (exact) mass is 305 g/mol. The van der Waals surface area contributed by atoms with Gasteiger partial charge in [-0.05, 0) is 30.3 Å². The van der Waals surface area contributed by atoms with E-state index in [1.807, 2.05) is 0 Å². The second-order valence-corrected chi connectivity index (χ2v) is 4.22. The first-order chi connectivity index (χ1) is 9.36. The third-order valence-corrected chi connectivity index (χ3v) is 2.63. The van der Waals surface area contributed by atoms with Crippen LogP contribution in [0.25, 0.3) is 0 Å². The van der Waals surface area contributed by atoms with Gasteiger partial charge in [-0.15, -0.1) is 0 Å². The molecular weight excluding hydrogens is 298 g/mol. The lowest BCUT2D eigenvalue weighted by molar-refractivity contribution is -0.137. The summed E-state index contributed by atoms with van der Waals surface area (Å²) in [7, 11) is 0. The molecule has 8 heteroatoms. The average molecular weight is 306 g/mol. The van der Waals surface area contributed by atoms with E-state index in [1.165, 1.54) is 24.3 Å². The molecule has 0 unspecified atom stereocenters. The number of hydrogen-bond donors (Lipinski definition) is 2. The quantitative estimate of drug-likeness (QED) is 0.654. The average Bonchev–Trinajstić information content (AvgIpc) is 2.38. The number of aromatic nitrogens is 1. The summed E-state index contributed by atoms with van der Waals surface area (Å²) < 4.78 is 49.9. The van der Waals surface area contributed by atoms with Gasteiger partial charge in [-0.2, -0.15) is 13.2 Å². The maximum atomic E-state index is 12.7.